The number of ketones is 1. The lowest BCUT2D eigenvalue weighted by molar-refractivity contribution is -0.117. The largest absolute Gasteiger partial charge is 0.344 e. The van der Waals surface area contributed by atoms with E-state index in [1.807, 2.05) is 13.8 Å². The second-order valence-corrected chi connectivity index (χ2v) is 2.97. The SMILES string of the molecule is [B]N(CC(C)=O)C(C)C(C)N. The lowest BCUT2D eigenvalue weighted by atomic mass is 10.1. The van der Waals surface area contributed by atoms with Gasteiger partial charge in [-0.1, -0.05) is 0 Å². The highest BCUT2D eigenvalue weighted by Crippen LogP contribution is 1.97. The van der Waals surface area contributed by atoms with Gasteiger partial charge in [-0.3, -0.25) is 4.79 Å². The Bertz CT molecular complexity index is 138. The van der Waals surface area contributed by atoms with Crippen LogP contribution in [0.5, 0.6) is 0 Å². The van der Waals surface area contributed by atoms with Gasteiger partial charge in [-0.05, 0) is 20.8 Å². The number of carbonyl (C=O) groups excluding carboxylic acids is 1. The summed E-state index contributed by atoms with van der Waals surface area (Å²) in [6.07, 6.45) is 0. The van der Waals surface area contributed by atoms with Crippen molar-refractivity contribution < 1.29 is 4.79 Å². The molecule has 62 valence electrons. The molecule has 4 heteroatoms. The van der Waals surface area contributed by atoms with Gasteiger partial charge in [0.15, 0.2) is 7.98 Å². The monoisotopic (exact) mass is 154 g/mol. The third-order valence-corrected chi connectivity index (χ3v) is 1.69. The van der Waals surface area contributed by atoms with Gasteiger partial charge >= 0.3 is 0 Å². The van der Waals surface area contributed by atoms with Crippen LogP contribution >= 0.6 is 0 Å². The highest BCUT2D eigenvalue weighted by Gasteiger charge is 2.13. The Morgan fingerprint density at radius 1 is 1.64 bits per heavy atom. The van der Waals surface area contributed by atoms with Gasteiger partial charge in [-0.15, -0.1) is 0 Å². The molecular weight excluding hydrogens is 139 g/mol. The third kappa shape index (κ3) is 4.16. The Morgan fingerprint density at radius 2 is 2.09 bits per heavy atom. The van der Waals surface area contributed by atoms with E-state index in [1.165, 1.54) is 11.7 Å². The molecule has 0 aromatic rings. The van der Waals surface area contributed by atoms with Crippen LogP contribution in [0.15, 0.2) is 0 Å². The third-order valence-electron chi connectivity index (χ3n) is 1.69. The number of nitrogens with two attached hydrogens (primary N) is 1. The average Bonchev–Trinajstić information content (AvgIpc) is 1.84. The molecular formula is C7H15BN2O. The van der Waals surface area contributed by atoms with E-state index in [0.29, 0.717) is 0 Å². The first kappa shape index (κ1) is 10.7. The topological polar surface area (TPSA) is 46.3 Å². The Balaban J connectivity index is 3.82. The Morgan fingerprint density at radius 3 is 2.36 bits per heavy atom. The van der Waals surface area contributed by atoms with Crippen molar-refractivity contribution in [2.24, 2.45) is 5.73 Å². The quantitative estimate of drug-likeness (QED) is 0.565. The molecule has 0 aliphatic carbocycles. The highest BCUT2D eigenvalue weighted by molar-refractivity contribution is 6.06. The van der Waals surface area contributed by atoms with Crippen LogP contribution in [0.25, 0.3) is 0 Å². The summed E-state index contributed by atoms with van der Waals surface area (Å²) in [4.78, 5) is 12.1. The van der Waals surface area contributed by atoms with E-state index in [4.69, 9.17) is 13.7 Å². The molecule has 2 unspecified atom stereocenters. The molecule has 0 bridgehead atoms. The van der Waals surface area contributed by atoms with E-state index in [0.717, 1.165) is 0 Å². The van der Waals surface area contributed by atoms with E-state index in [2.05, 4.69) is 0 Å². The molecule has 0 aliphatic heterocycles. The fourth-order valence-electron chi connectivity index (χ4n) is 0.703. The molecule has 2 N–H and O–H groups in total. The van der Waals surface area contributed by atoms with Crippen LogP contribution in [-0.2, 0) is 4.79 Å². The number of hydrogen-bond donors (Lipinski definition) is 1. The van der Waals surface area contributed by atoms with E-state index in [9.17, 15) is 4.79 Å². The highest BCUT2D eigenvalue weighted by atomic mass is 16.1. The van der Waals surface area contributed by atoms with Crippen LogP contribution in [0.2, 0.25) is 0 Å². The first-order valence-corrected chi connectivity index (χ1v) is 3.71. The molecule has 0 fully saturated rings. The van der Waals surface area contributed by atoms with Gasteiger partial charge in [0, 0.05) is 18.6 Å². The summed E-state index contributed by atoms with van der Waals surface area (Å²) < 4.78 is 0. The number of hydrogen-bond acceptors (Lipinski definition) is 3. The van der Waals surface area contributed by atoms with Crippen molar-refractivity contribution in [3.63, 3.8) is 0 Å². The smallest absolute Gasteiger partial charge is 0.183 e. The van der Waals surface area contributed by atoms with Gasteiger partial charge in [-0.25, -0.2) is 0 Å². The molecule has 0 aromatic heterocycles. The predicted molar refractivity (Wildman–Crippen MR) is 46.3 cm³/mol. The second kappa shape index (κ2) is 4.52. The lowest BCUT2D eigenvalue weighted by Gasteiger charge is -2.27. The standard InChI is InChI=1S/C7H15BN2O/c1-5(11)4-10(8)7(3)6(2)9/h6-7H,4,9H2,1-3H3. The maximum atomic E-state index is 10.6. The molecule has 0 spiro atoms. The van der Waals surface area contributed by atoms with Crippen LogP contribution in [0.4, 0.5) is 0 Å². The zero-order valence-corrected chi connectivity index (χ0v) is 7.37. The molecule has 11 heavy (non-hydrogen) atoms. The Labute approximate surface area is 69.4 Å². The summed E-state index contributed by atoms with van der Waals surface area (Å²) in [7, 11) is 5.55. The summed E-state index contributed by atoms with van der Waals surface area (Å²) >= 11 is 0. The normalized spacial score (nSPS) is 16.5. The summed E-state index contributed by atoms with van der Waals surface area (Å²) in [5, 5.41) is 0. The van der Waals surface area contributed by atoms with Gasteiger partial charge < -0.3 is 10.5 Å². The second-order valence-electron chi connectivity index (χ2n) is 2.97. The maximum absolute atomic E-state index is 10.6. The molecule has 2 atom stereocenters. The lowest BCUT2D eigenvalue weighted by Crippen LogP contribution is -2.44. The zero-order chi connectivity index (χ0) is 9.02. The number of Topliss-reactive ketones (excluding diaryl/α,β-unsaturated/α-hetero) is 1. The van der Waals surface area contributed by atoms with Gasteiger partial charge in [0.2, 0.25) is 0 Å². The summed E-state index contributed by atoms with van der Waals surface area (Å²) in [6.45, 7) is 5.54. The first-order chi connectivity index (χ1) is 4.95. The molecule has 0 saturated carbocycles. The van der Waals surface area contributed by atoms with Crippen molar-refractivity contribution in [3.05, 3.63) is 0 Å². The fourth-order valence-corrected chi connectivity index (χ4v) is 0.703. The summed E-state index contributed by atoms with van der Waals surface area (Å²) in [6, 6.07) is 0.0262. The molecule has 0 rings (SSSR count). The number of carbonyl (C=O) groups is 1. The Kier molecular flexibility index (Phi) is 4.37. The number of rotatable bonds is 4. The van der Waals surface area contributed by atoms with E-state index in [1.54, 1.807) is 0 Å². The Hall–Kier alpha value is -0.345. The first-order valence-electron chi connectivity index (χ1n) is 3.71. The van der Waals surface area contributed by atoms with E-state index < -0.39 is 0 Å². The van der Waals surface area contributed by atoms with Gasteiger partial charge in [0.1, 0.15) is 5.78 Å². The van der Waals surface area contributed by atoms with Crippen molar-refractivity contribution in [1.29, 1.82) is 0 Å². The van der Waals surface area contributed by atoms with E-state index in [-0.39, 0.29) is 24.4 Å². The van der Waals surface area contributed by atoms with Crippen LogP contribution in [0.3, 0.4) is 0 Å². The van der Waals surface area contributed by atoms with Crippen molar-refractivity contribution in [3.8, 4) is 0 Å². The minimum absolute atomic E-state index is 0.0145. The van der Waals surface area contributed by atoms with Gasteiger partial charge in [-0.2, -0.15) is 0 Å². The van der Waals surface area contributed by atoms with Crippen LogP contribution in [0, 0.1) is 0 Å². The van der Waals surface area contributed by atoms with Crippen molar-refractivity contribution in [2.75, 3.05) is 6.54 Å². The molecule has 0 saturated heterocycles. The maximum Gasteiger partial charge on any atom is 0.183 e. The minimum Gasteiger partial charge on any atom is -0.344 e. The van der Waals surface area contributed by atoms with Crippen molar-refractivity contribution in [2.45, 2.75) is 32.9 Å². The average molecular weight is 154 g/mol. The van der Waals surface area contributed by atoms with Crippen molar-refractivity contribution in [1.82, 2.24) is 4.81 Å². The summed E-state index contributed by atoms with van der Waals surface area (Å²) in [5.41, 5.74) is 5.58. The molecule has 0 aliphatic rings. The molecule has 2 radical (unpaired) electrons. The molecule has 0 aromatic carbocycles. The van der Waals surface area contributed by atoms with E-state index >= 15 is 0 Å². The molecule has 3 nitrogen and oxygen atoms in total. The van der Waals surface area contributed by atoms with Crippen LogP contribution < -0.4 is 5.73 Å². The number of nitrogens with zero attached hydrogens (tertiary/aromatic N) is 1. The van der Waals surface area contributed by atoms with Crippen LogP contribution in [0.1, 0.15) is 20.8 Å². The minimum atomic E-state index is -0.0145. The van der Waals surface area contributed by atoms with Crippen LogP contribution in [-0.4, -0.2) is 37.2 Å². The van der Waals surface area contributed by atoms with Crippen molar-refractivity contribution >= 4 is 13.8 Å². The summed E-state index contributed by atoms with van der Waals surface area (Å²) in [5.74, 6) is 0.0556. The van der Waals surface area contributed by atoms with Gasteiger partial charge in [0.25, 0.3) is 0 Å². The van der Waals surface area contributed by atoms with Gasteiger partial charge in [0.05, 0.1) is 0 Å². The molecule has 0 amide bonds. The zero-order valence-electron chi connectivity index (χ0n) is 7.37. The fraction of sp³-hybridized carbons (Fsp3) is 0.857. The predicted octanol–water partition coefficient (Wildman–Crippen LogP) is -0.303. The molecule has 0 heterocycles.